The number of benzene rings is 1. The van der Waals surface area contributed by atoms with Crippen molar-refractivity contribution in [2.24, 2.45) is 0 Å². The average molecular weight is 197 g/mol. The summed E-state index contributed by atoms with van der Waals surface area (Å²) >= 11 is 0. The molecule has 10 N–H and O–H groups in total. The highest BCUT2D eigenvalue weighted by atomic mass is 16.5. The average Bonchev–Trinajstić information content (AvgIpc) is 2.19. The van der Waals surface area contributed by atoms with E-state index >= 15 is 0 Å². The second kappa shape index (κ2) is 3.41. The Bertz CT molecular complexity index is 334. The molecule has 0 unspecified atom stereocenters. The third-order valence-electron chi connectivity index (χ3n) is 1.94. The lowest BCUT2D eigenvalue weighted by Gasteiger charge is -2.16. The van der Waals surface area contributed by atoms with Crippen molar-refractivity contribution >= 4 is 28.4 Å². The van der Waals surface area contributed by atoms with E-state index in [9.17, 15) is 0 Å². The summed E-state index contributed by atoms with van der Waals surface area (Å²) < 4.78 is 5.22. The van der Waals surface area contributed by atoms with Gasteiger partial charge in [0, 0.05) is 0 Å². The molecule has 0 aliphatic heterocycles. The van der Waals surface area contributed by atoms with E-state index in [-0.39, 0.29) is 28.4 Å². The molecule has 0 aliphatic carbocycles. The summed E-state index contributed by atoms with van der Waals surface area (Å²) in [6.45, 7) is 2.23. The minimum absolute atomic E-state index is 0.198. The molecule has 0 saturated carbocycles. The lowest BCUT2D eigenvalue weighted by atomic mass is 10.1. The van der Waals surface area contributed by atoms with Crippen LogP contribution in [0.2, 0.25) is 0 Å². The van der Waals surface area contributed by atoms with Crippen LogP contribution in [0.4, 0.5) is 28.4 Å². The summed E-state index contributed by atoms with van der Waals surface area (Å²) in [5.41, 5.74) is 29.2. The van der Waals surface area contributed by atoms with Crippen LogP contribution < -0.4 is 33.4 Å². The largest absolute Gasteiger partial charge is 0.489 e. The Labute approximate surface area is 82.0 Å². The predicted octanol–water partition coefficient (Wildman–Crippen LogP) is -0.00370. The van der Waals surface area contributed by atoms with Crippen LogP contribution in [0.1, 0.15) is 6.92 Å². The Hall–Kier alpha value is -1.98. The standard InChI is InChI=1S/C8H15N5O/c1-2-14-8-6(12)4(10)3(9)5(11)7(8)13/h2,9-13H2,1H3. The van der Waals surface area contributed by atoms with Crippen LogP contribution in [0.3, 0.4) is 0 Å². The van der Waals surface area contributed by atoms with Gasteiger partial charge in [0.15, 0.2) is 5.75 Å². The van der Waals surface area contributed by atoms with Gasteiger partial charge in [0.2, 0.25) is 0 Å². The molecular formula is C8H15N5O. The van der Waals surface area contributed by atoms with Crippen molar-refractivity contribution in [3.63, 3.8) is 0 Å². The van der Waals surface area contributed by atoms with E-state index < -0.39 is 0 Å². The molecule has 1 rings (SSSR count). The summed E-state index contributed by atoms with van der Waals surface area (Å²) in [5, 5.41) is 0. The third kappa shape index (κ3) is 1.30. The number of ether oxygens (including phenoxy) is 1. The van der Waals surface area contributed by atoms with Crippen LogP contribution in [-0.4, -0.2) is 6.61 Å². The second-order valence-corrected chi connectivity index (χ2v) is 2.83. The second-order valence-electron chi connectivity index (χ2n) is 2.83. The Morgan fingerprint density at radius 1 is 0.786 bits per heavy atom. The highest BCUT2D eigenvalue weighted by Crippen LogP contribution is 2.43. The van der Waals surface area contributed by atoms with E-state index in [2.05, 4.69) is 0 Å². The van der Waals surface area contributed by atoms with E-state index in [4.69, 9.17) is 33.4 Å². The molecule has 1 aromatic carbocycles. The van der Waals surface area contributed by atoms with Gasteiger partial charge in [-0.25, -0.2) is 0 Å². The molecule has 0 spiro atoms. The van der Waals surface area contributed by atoms with Crippen LogP contribution >= 0.6 is 0 Å². The van der Waals surface area contributed by atoms with Gasteiger partial charge in [-0.15, -0.1) is 0 Å². The molecule has 1 aromatic rings. The molecule has 0 aliphatic rings. The van der Waals surface area contributed by atoms with Gasteiger partial charge >= 0.3 is 0 Å². The quantitative estimate of drug-likeness (QED) is 0.423. The van der Waals surface area contributed by atoms with Gasteiger partial charge in [-0.3, -0.25) is 0 Å². The van der Waals surface area contributed by atoms with Gasteiger partial charge in [-0.1, -0.05) is 0 Å². The fraction of sp³-hybridized carbons (Fsp3) is 0.250. The van der Waals surface area contributed by atoms with E-state index in [1.807, 2.05) is 6.92 Å². The third-order valence-corrected chi connectivity index (χ3v) is 1.94. The normalized spacial score (nSPS) is 10.1. The molecule has 0 atom stereocenters. The summed E-state index contributed by atoms with van der Waals surface area (Å²) in [6.07, 6.45) is 0. The van der Waals surface area contributed by atoms with Crippen LogP contribution in [-0.2, 0) is 0 Å². The molecule has 0 amide bonds. The first-order valence-electron chi connectivity index (χ1n) is 4.14. The molecular weight excluding hydrogens is 182 g/mol. The van der Waals surface area contributed by atoms with Crippen molar-refractivity contribution in [2.45, 2.75) is 6.92 Å². The molecule has 0 heterocycles. The van der Waals surface area contributed by atoms with Gasteiger partial charge in [0.05, 0.1) is 23.7 Å². The van der Waals surface area contributed by atoms with Crippen molar-refractivity contribution < 1.29 is 4.74 Å². The number of rotatable bonds is 2. The van der Waals surface area contributed by atoms with E-state index in [0.29, 0.717) is 12.4 Å². The minimum Gasteiger partial charge on any atom is -0.489 e. The number of hydrogen-bond donors (Lipinski definition) is 5. The number of nitrogens with two attached hydrogens (primary N) is 5. The van der Waals surface area contributed by atoms with Crippen molar-refractivity contribution in [1.29, 1.82) is 0 Å². The number of nitrogen functional groups attached to an aromatic ring is 5. The van der Waals surface area contributed by atoms with Gasteiger partial charge in [-0.05, 0) is 6.92 Å². The molecule has 0 saturated heterocycles. The van der Waals surface area contributed by atoms with Crippen molar-refractivity contribution in [3.05, 3.63) is 0 Å². The van der Waals surface area contributed by atoms with E-state index in [0.717, 1.165) is 0 Å². The lowest BCUT2D eigenvalue weighted by Crippen LogP contribution is -2.10. The molecule has 0 radical (unpaired) electrons. The zero-order valence-electron chi connectivity index (χ0n) is 8.00. The van der Waals surface area contributed by atoms with Gasteiger partial charge in [0.25, 0.3) is 0 Å². The number of hydrogen-bond acceptors (Lipinski definition) is 6. The van der Waals surface area contributed by atoms with Crippen LogP contribution in [0.15, 0.2) is 0 Å². The van der Waals surface area contributed by atoms with Gasteiger partial charge in [0.1, 0.15) is 11.4 Å². The zero-order chi connectivity index (χ0) is 10.9. The van der Waals surface area contributed by atoms with E-state index in [1.54, 1.807) is 0 Å². The molecule has 0 bridgehead atoms. The first kappa shape index (κ1) is 10.1. The SMILES string of the molecule is CCOc1c(N)c(N)c(N)c(N)c1N. The summed E-state index contributed by atoms with van der Waals surface area (Å²) in [4.78, 5) is 0. The van der Waals surface area contributed by atoms with Crippen molar-refractivity contribution in [3.8, 4) is 5.75 Å². The van der Waals surface area contributed by atoms with Crippen LogP contribution in [0.25, 0.3) is 0 Å². The minimum atomic E-state index is 0.198. The molecule has 78 valence electrons. The highest BCUT2D eigenvalue weighted by Gasteiger charge is 2.16. The first-order valence-corrected chi connectivity index (χ1v) is 4.14. The Morgan fingerprint density at radius 3 is 1.50 bits per heavy atom. The summed E-state index contributed by atoms with van der Waals surface area (Å²) in [5.74, 6) is 0.303. The number of anilines is 5. The molecule has 0 fully saturated rings. The maximum atomic E-state index is 5.67. The maximum Gasteiger partial charge on any atom is 0.169 e. The van der Waals surface area contributed by atoms with E-state index in [1.165, 1.54) is 0 Å². The highest BCUT2D eigenvalue weighted by molar-refractivity contribution is 5.98. The Kier molecular flexibility index (Phi) is 2.46. The smallest absolute Gasteiger partial charge is 0.169 e. The fourth-order valence-electron chi connectivity index (χ4n) is 1.12. The zero-order valence-corrected chi connectivity index (χ0v) is 8.00. The summed E-state index contributed by atoms with van der Waals surface area (Å²) in [6, 6.07) is 0. The lowest BCUT2D eigenvalue weighted by molar-refractivity contribution is 0.344. The maximum absolute atomic E-state index is 5.67. The van der Waals surface area contributed by atoms with Crippen molar-refractivity contribution in [1.82, 2.24) is 0 Å². The molecule has 6 nitrogen and oxygen atoms in total. The summed E-state index contributed by atoms with van der Waals surface area (Å²) in [7, 11) is 0. The molecule has 14 heavy (non-hydrogen) atoms. The molecule has 0 aromatic heterocycles. The van der Waals surface area contributed by atoms with Gasteiger partial charge < -0.3 is 33.4 Å². The van der Waals surface area contributed by atoms with Crippen molar-refractivity contribution in [2.75, 3.05) is 35.3 Å². The Balaban J connectivity index is 3.43. The van der Waals surface area contributed by atoms with Gasteiger partial charge in [-0.2, -0.15) is 0 Å². The van der Waals surface area contributed by atoms with Crippen LogP contribution in [0, 0.1) is 0 Å². The Morgan fingerprint density at radius 2 is 1.14 bits per heavy atom. The molecule has 6 heteroatoms. The first-order chi connectivity index (χ1) is 6.50. The monoisotopic (exact) mass is 197 g/mol. The van der Waals surface area contributed by atoms with Crippen LogP contribution in [0.5, 0.6) is 5.75 Å². The topological polar surface area (TPSA) is 139 Å². The predicted molar refractivity (Wildman–Crippen MR) is 59.7 cm³/mol. The fourth-order valence-corrected chi connectivity index (χ4v) is 1.12.